The van der Waals surface area contributed by atoms with E-state index in [4.69, 9.17) is 0 Å². The van der Waals surface area contributed by atoms with Crippen LogP contribution in [0.1, 0.15) is 54.2 Å². The van der Waals surface area contributed by atoms with E-state index < -0.39 is 6.04 Å². The molecule has 5 aromatic rings. The molecule has 0 amide bonds. The molecule has 5 rings (SSSR count). The SMILES string of the molecule is Cc1cccc2cc([C@H](c3nnnn3C(C)(C)C)N(CCc3ccccc3)Cc3cccs3)c(=O)[nH]c12. The normalized spacial score (nSPS) is 12.9. The summed E-state index contributed by atoms with van der Waals surface area (Å²) in [6.45, 7) is 9.65. The predicted octanol–water partition coefficient (Wildman–Crippen LogP) is 5.47. The first-order chi connectivity index (χ1) is 17.8. The third-order valence-corrected chi connectivity index (χ3v) is 7.48. The van der Waals surface area contributed by atoms with E-state index in [1.165, 1.54) is 10.4 Å². The predicted molar refractivity (Wildman–Crippen MR) is 149 cm³/mol. The van der Waals surface area contributed by atoms with E-state index in [1.54, 1.807) is 11.3 Å². The van der Waals surface area contributed by atoms with Gasteiger partial charge in [-0.05, 0) is 78.6 Å². The van der Waals surface area contributed by atoms with Gasteiger partial charge in [-0.25, -0.2) is 4.68 Å². The van der Waals surface area contributed by atoms with Crippen molar-refractivity contribution in [3.05, 3.63) is 110 Å². The van der Waals surface area contributed by atoms with Crippen molar-refractivity contribution < 1.29 is 0 Å². The molecule has 0 aliphatic heterocycles. The number of tetrazole rings is 1. The van der Waals surface area contributed by atoms with Crippen LogP contribution in [-0.2, 0) is 18.5 Å². The van der Waals surface area contributed by atoms with Crippen molar-refractivity contribution in [3.63, 3.8) is 0 Å². The molecule has 1 atom stereocenters. The van der Waals surface area contributed by atoms with Crippen molar-refractivity contribution >= 4 is 22.2 Å². The molecule has 0 radical (unpaired) electrons. The summed E-state index contributed by atoms with van der Waals surface area (Å²) >= 11 is 1.72. The zero-order valence-corrected chi connectivity index (χ0v) is 22.5. The van der Waals surface area contributed by atoms with Gasteiger partial charge in [0.1, 0.15) is 6.04 Å². The van der Waals surface area contributed by atoms with Gasteiger partial charge >= 0.3 is 0 Å². The molecule has 0 bridgehead atoms. The number of aryl methyl sites for hydroxylation is 1. The molecule has 3 aromatic heterocycles. The number of H-pyrrole nitrogens is 1. The number of aromatic nitrogens is 5. The third kappa shape index (κ3) is 5.40. The molecular weight excluding hydrogens is 480 g/mol. The van der Waals surface area contributed by atoms with Crippen molar-refractivity contribution in [1.29, 1.82) is 0 Å². The number of rotatable bonds is 8. The van der Waals surface area contributed by atoms with Crippen molar-refractivity contribution in [1.82, 2.24) is 30.1 Å². The first-order valence-electron chi connectivity index (χ1n) is 12.5. The number of nitrogens with zero attached hydrogens (tertiary/aromatic N) is 5. The molecule has 0 fully saturated rings. The number of aromatic amines is 1. The molecule has 0 saturated carbocycles. The number of para-hydroxylation sites is 1. The van der Waals surface area contributed by atoms with Gasteiger partial charge < -0.3 is 4.98 Å². The quantitative estimate of drug-likeness (QED) is 0.298. The van der Waals surface area contributed by atoms with Crippen LogP contribution in [0.5, 0.6) is 0 Å². The van der Waals surface area contributed by atoms with Gasteiger partial charge in [-0.2, -0.15) is 0 Å². The van der Waals surface area contributed by atoms with Crippen molar-refractivity contribution in [2.24, 2.45) is 0 Å². The molecule has 0 aliphatic rings. The Labute approximate surface area is 220 Å². The average molecular weight is 513 g/mol. The van der Waals surface area contributed by atoms with E-state index in [9.17, 15) is 4.79 Å². The van der Waals surface area contributed by atoms with Crippen molar-refractivity contribution in [2.75, 3.05) is 6.54 Å². The summed E-state index contributed by atoms with van der Waals surface area (Å²) in [6.07, 6.45) is 0.838. The molecule has 37 heavy (non-hydrogen) atoms. The monoisotopic (exact) mass is 512 g/mol. The van der Waals surface area contributed by atoms with Crippen LogP contribution in [0.3, 0.4) is 0 Å². The van der Waals surface area contributed by atoms with Gasteiger partial charge in [0.25, 0.3) is 5.56 Å². The van der Waals surface area contributed by atoms with Gasteiger partial charge in [-0.15, -0.1) is 16.4 Å². The van der Waals surface area contributed by atoms with Crippen LogP contribution in [0, 0.1) is 6.92 Å². The van der Waals surface area contributed by atoms with E-state index >= 15 is 0 Å². The average Bonchev–Trinajstić information content (AvgIpc) is 3.57. The highest BCUT2D eigenvalue weighted by Crippen LogP contribution is 2.31. The fourth-order valence-corrected chi connectivity index (χ4v) is 5.49. The number of hydrogen-bond acceptors (Lipinski definition) is 6. The van der Waals surface area contributed by atoms with Crippen LogP contribution in [-0.4, -0.2) is 36.6 Å². The standard InChI is InChI=1S/C29H32N6OS/c1-20-10-8-13-22-18-24(28(36)30-25(20)22)26(27-31-32-33-35(27)29(2,3)4)34(19-23-14-9-17-37-23)16-15-21-11-6-5-7-12-21/h5-14,17-18,26H,15-16,19H2,1-4H3,(H,30,36)/t26-/m1/s1. The minimum atomic E-state index is -0.436. The van der Waals surface area contributed by atoms with Crippen molar-refractivity contribution in [2.45, 2.75) is 52.2 Å². The van der Waals surface area contributed by atoms with E-state index in [0.717, 1.165) is 29.4 Å². The minimum Gasteiger partial charge on any atom is -0.321 e. The second kappa shape index (κ2) is 10.4. The molecular formula is C29H32N6OS. The molecule has 0 spiro atoms. The topological polar surface area (TPSA) is 79.7 Å². The molecule has 8 heteroatoms. The largest absolute Gasteiger partial charge is 0.321 e. The first kappa shape index (κ1) is 25.0. The fraction of sp³-hybridized carbons (Fsp3) is 0.310. The molecule has 0 unspecified atom stereocenters. The molecule has 1 N–H and O–H groups in total. The summed E-state index contributed by atoms with van der Waals surface area (Å²) in [5, 5.41) is 16.0. The second-order valence-corrected chi connectivity index (χ2v) is 11.4. The second-order valence-electron chi connectivity index (χ2n) is 10.4. The van der Waals surface area contributed by atoms with Gasteiger partial charge in [0.05, 0.1) is 11.1 Å². The lowest BCUT2D eigenvalue weighted by Crippen LogP contribution is -2.38. The fourth-order valence-electron chi connectivity index (χ4n) is 4.76. The first-order valence-corrected chi connectivity index (χ1v) is 13.4. The number of pyridine rings is 1. The summed E-state index contributed by atoms with van der Waals surface area (Å²) in [5.41, 5.74) is 3.31. The van der Waals surface area contributed by atoms with Crippen LogP contribution >= 0.6 is 11.3 Å². The van der Waals surface area contributed by atoms with Crippen molar-refractivity contribution in [3.8, 4) is 0 Å². The molecule has 2 aromatic carbocycles. The Balaban J connectivity index is 1.68. The van der Waals surface area contributed by atoms with Gasteiger partial charge in [0.2, 0.25) is 0 Å². The van der Waals surface area contributed by atoms with E-state index in [2.05, 4.69) is 88.0 Å². The maximum Gasteiger partial charge on any atom is 0.253 e. The summed E-state index contributed by atoms with van der Waals surface area (Å²) in [4.78, 5) is 20.4. The Morgan fingerprint density at radius 3 is 2.59 bits per heavy atom. The summed E-state index contributed by atoms with van der Waals surface area (Å²) < 4.78 is 1.85. The maximum absolute atomic E-state index is 13.7. The van der Waals surface area contributed by atoms with E-state index in [1.807, 2.05) is 41.9 Å². The molecule has 7 nitrogen and oxygen atoms in total. The summed E-state index contributed by atoms with van der Waals surface area (Å²) in [5.74, 6) is 0.662. The number of benzene rings is 2. The lowest BCUT2D eigenvalue weighted by molar-refractivity contribution is 0.196. The van der Waals surface area contributed by atoms with Gasteiger partial charge in [0, 0.05) is 23.5 Å². The number of thiophene rings is 1. The van der Waals surface area contributed by atoms with Crippen LogP contribution in [0.2, 0.25) is 0 Å². The molecule has 0 saturated heterocycles. The smallest absolute Gasteiger partial charge is 0.253 e. The Morgan fingerprint density at radius 1 is 1.05 bits per heavy atom. The number of hydrogen-bond donors (Lipinski definition) is 1. The van der Waals surface area contributed by atoms with Crippen LogP contribution in [0.4, 0.5) is 0 Å². The Hall–Kier alpha value is -3.62. The maximum atomic E-state index is 13.7. The van der Waals surface area contributed by atoms with Gasteiger partial charge in [0.15, 0.2) is 5.82 Å². The van der Waals surface area contributed by atoms with Crippen LogP contribution < -0.4 is 5.56 Å². The molecule has 0 aliphatic carbocycles. The minimum absolute atomic E-state index is 0.119. The lowest BCUT2D eigenvalue weighted by Gasteiger charge is -2.32. The van der Waals surface area contributed by atoms with E-state index in [0.29, 0.717) is 17.9 Å². The number of nitrogens with one attached hydrogen (secondary N) is 1. The van der Waals surface area contributed by atoms with Gasteiger partial charge in [-0.1, -0.05) is 54.6 Å². The zero-order valence-electron chi connectivity index (χ0n) is 21.7. The zero-order chi connectivity index (χ0) is 26.0. The highest BCUT2D eigenvalue weighted by Gasteiger charge is 2.33. The van der Waals surface area contributed by atoms with Gasteiger partial charge in [-0.3, -0.25) is 9.69 Å². The molecule has 190 valence electrons. The summed E-state index contributed by atoms with van der Waals surface area (Å²) in [7, 11) is 0. The Morgan fingerprint density at radius 2 is 1.86 bits per heavy atom. The highest BCUT2D eigenvalue weighted by atomic mass is 32.1. The highest BCUT2D eigenvalue weighted by molar-refractivity contribution is 7.09. The molecule has 3 heterocycles. The Kier molecular flexibility index (Phi) is 7.04. The number of fused-ring (bicyclic) bond motifs is 1. The lowest BCUT2D eigenvalue weighted by atomic mass is 10.00. The Bertz CT molecular complexity index is 1530. The summed E-state index contributed by atoms with van der Waals surface area (Å²) in [6, 6.07) is 22.3. The third-order valence-electron chi connectivity index (χ3n) is 6.62. The van der Waals surface area contributed by atoms with Crippen LogP contribution in [0.15, 0.2) is 76.9 Å². The van der Waals surface area contributed by atoms with E-state index in [-0.39, 0.29) is 11.1 Å². The van der Waals surface area contributed by atoms with Crippen LogP contribution in [0.25, 0.3) is 10.9 Å².